The molecular weight excluding hydrogens is 251 g/mol. The van der Waals surface area contributed by atoms with Crippen molar-refractivity contribution < 1.29 is 18.9 Å². The largest absolute Gasteiger partial charge is 0.469 e. The molecule has 18 heavy (non-hydrogen) atoms. The van der Waals surface area contributed by atoms with Crippen molar-refractivity contribution in [2.45, 2.75) is 52.6 Å². The molecule has 104 valence electrons. The normalized spacial score (nSPS) is 54.9. The molecule has 0 radical (unpaired) electrons. The average molecular weight is 274 g/mol. The predicted molar refractivity (Wildman–Crippen MR) is 67.7 cm³/mol. The number of hydrogen-bond donors (Lipinski definition) is 2. The van der Waals surface area contributed by atoms with Gasteiger partial charge in [0.05, 0.1) is 6.10 Å². The zero-order valence-corrected chi connectivity index (χ0v) is 12.2. The van der Waals surface area contributed by atoms with Crippen LogP contribution in [0, 0.1) is 28.6 Å². The molecule has 0 amide bonds. The van der Waals surface area contributed by atoms with Gasteiger partial charge in [-0.3, -0.25) is 4.52 Å². The maximum atomic E-state index is 11.1. The molecule has 3 rings (SSSR count). The molecule has 0 bridgehead atoms. The van der Waals surface area contributed by atoms with E-state index in [2.05, 4.69) is 20.8 Å². The summed E-state index contributed by atoms with van der Waals surface area (Å²) in [5, 5.41) is 0. The summed E-state index contributed by atoms with van der Waals surface area (Å²) in [5.41, 5.74) is 0.611. The highest BCUT2D eigenvalue weighted by Gasteiger charge is 2.69. The van der Waals surface area contributed by atoms with Crippen LogP contribution in [-0.4, -0.2) is 15.9 Å². The molecule has 2 N–H and O–H groups in total. The molecule has 3 saturated carbocycles. The summed E-state index contributed by atoms with van der Waals surface area (Å²) >= 11 is 0. The van der Waals surface area contributed by atoms with Gasteiger partial charge in [0.25, 0.3) is 0 Å². The first kappa shape index (κ1) is 13.1. The van der Waals surface area contributed by atoms with Crippen molar-refractivity contribution >= 4 is 7.82 Å². The molecule has 5 heteroatoms. The maximum Gasteiger partial charge on any atom is 0.469 e. The van der Waals surface area contributed by atoms with Gasteiger partial charge in [-0.15, -0.1) is 0 Å². The third-order valence-corrected chi connectivity index (χ3v) is 6.83. The molecule has 0 aromatic carbocycles. The minimum Gasteiger partial charge on any atom is -0.303 e. The van der Waals surface area contributed by atoms with E-state index in [0.29, 0.717) is 28.6 Å². The zero-order valence-electron chi connectivity index (χ0n) is 11.3. The Hall–Kier alpha value is 0.110. The van der Waals surface area contributed by atoms with Gasteiger partial charge >= 0.3 is 7.82 Å². The Kier molecular flexibility index (Phi) is 2.62. The molecule has 0 heterocycles. The fraction of sp³-hybridized carbons (Fsp3) is 1.00. The van der Waals surface area contributed by atoms with E-state index in [4.69, 9.17) is 14.3 Å². The fourth-order valence-corrected chi connectivity index (χ4v) is 5.28. The number of hydrogen-bond acceptors (Lipinski definition) is 2. The smallest absolute Gasteiger partial charge is 0.303 e. The van der Waals surface area contributed by atoms with Gasteiger partial charge in [0.1, 0.15) is 0 Å². The first-order valence-electron chi connectivity index (χ1n) is 6.92. The van der Waals surface area contributed by atoms with Gasteiger partial charge in [-0.2, -0.15) is 0 Å². The van der Waals surface area contributed by atoms with Crippen LogP contribution in [-0.2, 0) is 9.09 Å². The van der Waals surface area contributed by atoms with Crippen LogP contribution in [0.25, 0.3) is 0 Å². The first-order valence-corrected chi connectivity index (χ1v) is 8.46. The molecule has 3 aliphatic carbocycles. The van der Waals surface area contributed by atoms with Gasteiger partial charge in [-0.1, -0.05) is 20.8 Å². The molecule has 3 aliphatic rings. The average Bonchev–Trinajstić information content (AvgIpc) is 2.95. The number of phosphoric ester groups is 1. The van der Waals surface area contributed by atoms with Gasteiger partial charge in [-0.25, -0.2) is 4.57 Å². The number of rotatable bonds is 2. The lowest BCUT2D eigenvalue weighted by Gasteiger charge is -2.37. The SMILES string of the molecule is CC1C(C)C12C[C@@H](OP(=O)(O)O)CC1(C[C@@H]1C)C2. The zero-order chi connectivity index (χ0) is 13.3. The van der Waals surface area contributed by atoms with E-state index >= 15 is 0 Å². The Balaban J connectivity index is 1.79. The Morgan fingerprint density at radius 2 is 1.67 bits per heavy atom. The molecule has 0 aliphatic heterocycles. The summed E-state index contributed by atoms with van der Waals surface area (Å²) < 4.78 is 16.1. The molecule has 3 fully saturated rings. The lowest BCUT2D eigenvalue weighted by Crippen LogP contribution is -2.32. The van der Waals surface area contributed by atoms with Crippen molar-refractivity contribution in [3.63, 3.8) is 0 Å². The molecule has 4 nitrogen and oxygen atoms in total. The molecule has 5 atom stereocenters. The topological polar surface area (TPSA) is 66.8 Å². The highest BCUT2D eigenvalue weighted by atomic mass is 31.2. The van der Waals surface area contributed by atoms with E-state index in [-0.39, 0.29) is 6.10 Å². The summed E-state index contributed by atoms with van der Waals surface area (Å²) in [4.78, 5) is 18.1. The van der Waals surface area contributed by atoms with Gasteiger partial charge in [0, 0.05) is 0 Å². The minimum absolute atomic E-state index is 0.253. The van der Waals surface area contributed by atoms with Gasteiger partial charge in [0.15, 0.2) is 0 Å². The second kappa shape index (κ2) is 3.60. The third-order valence-electron chi connectivity index (χ3n) is 6.26. The van der Waals surface area contributed by atoms with Crippen molar-refractivity contribution in [1.82, 2.24) is 0 Å². The monoisotopic (exact) mass is 274 g/mol. The maximum absolute atomic E-state index is 11.1. The molecule has 0 saturated heterocycles. The van der Waals surface area contributed by atoms with Crippen molar-refractivity contribution in [3.8, 4) is 0 Å². The molecule has 3 unspecified atom stereocenters. The van der Waals surface area contributed by atoms with Crippen LogP contribution < -0.4 is 0 Å². The van der Waals surface area contributed by atoms with Crippen molar-refractivity contribution in [2.24, 2.45) is 28.6 Å². The Labute approximate surface area is 108 Å². The molecule has 2 spiro atoms. The summed E-state index contributed by atoms with van der Waals surface area (Å²) in [6.45, 7) is 6.79. The van der Waals surface area contributed by atoms with Crippen LogP contribution >= 0.6 is 7.82 Å². The molecule has 0 aromatic heterocycles. The summed E-state index contributed by atoms with van der Waals surface area (Å²) in [6, 6.07) is 0. The highest BCUT2D eigenvalue weighted by molar-refractivity contribution is 7.46. The van der Waals surface area contributed by atoms with Crippen LogP contribution in [0.1, 0.15) is 46.5 Å². The second-order valence-electron chi connectivity index (χ2n) is 7.08. The first-order chi connectivity index (χ1) is 8.19. The second-order valence-corrected chi connectivity index (χ2v) is 8.27. The van der Waals surface area contributed by atoms with Crippen molar-refractivity contribution in [2.75, 3.05) is 0 Å². The quantitative estimate of drug-likeness (QED) is 0.760. The van der Waals surface area contributed by atoms with Crippen LogP contribution in [0.2, 0.25) is 0 Å². The van der Waals surface area contributed by atoms with Gasteiger partial charge in [0.2, 0.25) is 0 Å². The van der Waals surface area contributed by atoms with Gasteiger partial charge in [-0.05, 0) is 54.3 Å². The highest BCUT2D eigenvalue weighted by Crippen LogP contribution is 2.76. The summed E-state index contributed by atoms with van der Waals surface area (Å²) in [7, 11) is -4.35. The van der Waals surface area contributed by atoms with E-state index in [9.17, 15) is 4.57 Å². The van der Waals surface area contributed by atoms with E-state index in [0.717, 1.165) is 12.8 Å². The minimum atomic E-state index is -4.35. The Morgan fingerprint density at radius 1 is 1.11 bits per heavy atom. The van der Waals surface area contributed by atoms with E-state index in [1.54, 1.807) is 0 Å². The Morgan fingerprint density at radius 3 is 2.06 bits per heavy atom. The number of phosphoric acid groups is 1. The van der Waals surface area contributed by atoms with Crippen LogP contribution in [0.3, 0.4) is 0 Å². The van der Waals surface area contributed by atoms with E-state index < -0.39 is 7.82 Å². The molecule has 0 aromatic rings. The molecular formula is C13H23O4P. The van der Waals surface area contributed by atoms with Crippen molar-refractivity contribution in [3.05, 3.63) is 0 Å². The summed E-state index contributed by atoms with van der Waals surface area (Å²) in [6.07, 6.45) is 3.85. The lowest BCUT2D eigenvalue weighted by atomic mass is 9.72. The van der Waals surface area contributed by atoms with Crippen molar-refractivity contribution in [1.29, 1.82) is 0 Å². The predicted octanol–water partition coefficient (Wildman–Crippen LogP) is 2.95. The van der Waals surface area contributed by atoms with E-state index in [1.165, 1.54) is 12.8 Å². The van der Waals surface area contributed by atoms with E-state index in [1.807, 2.05) is 0 Å². The third kappa shape index (κ3) is 1.89. The lowest BCUT2D eigenvalue weighted by molar-refractivity contribution is 0.0327. The van der Waals surface area contributed by atoms with Gasteiger partial charge < -0.3 is 9.79 Å². The fourth-order valence-electron chi connectivity index (χ4n) is 4.74. The Bertz CT molecular complexity index is 409. The van der Waals surface area contributed by atoms with Crippen LogP contribution in [0.4, 0.5) is 0 Å². The standard InChI is InChI=1S/C13H23O4P/c1-8-4-12(8)5-11(17-18(14,15)16)6-13(7-12)9(2)10(13)3/h8-11H,4-7H2,1-3H3,(H2,14,15,16)/t8-,9?,10?,11-,12?,13?/m0/s1. The van der Waals surface area contributed by atoms with Crippen LogP contribution in [0.15, 0.2) is 0 Å². The van der Waals surface area contributed by atoms with Crippen LogP contribution in [0.5, 0.6) is 0 Å². The summed E-state index contributed by atoms with van der Waals surface area (Å²) in [5.74, 6) is 2.04.